The first-order valence-corrected chi connectivity index (χ1v) is 5.17. The first-order valence-electron chi connectivity index (χ1n) is 5.17. The number of likely N-dealkylation sites (N-methyl/N-ethyl adjacent to an activating group) is 1. The number of hydrogen-bond donors (Lipinski definition) is 2. The van der Waals surface area contributed by atoms with Crippen LogP contribution in [-0.2, 0) is 4.79 Å². The van der Waals surface area contributed by atoms with Crippen molar-refractivity contribution in [3.8, 4) is 0 Å². The van der Waals surface area contributed by atoms with E-state index in [4.69, 9.17) is 5.11 Å². The second-order valence-corrected chi connectivity index (χ2v) is 3.95. The first-order chi connectivity index (χ1) is 8.08. The monoisotopic (exact) mass is 239 g/mol. The van der Waals surface area contributed by atoms with E-state index in [1.165, 1.54) is 7.05 Å². The summed E-state index contributed by atoms with van der Waals surface area (Å²) in [5.41, 5.74) is 0.167. The first kappa shape index (κ1) is 11.5. The summed E-state index contributed by atoms with van der Waals surface area (Å²) in [5, 5.41) is 19.3. The van der Waals surface area contributed by atoms with E-state index in [0.29, 0.717) is 0 Å². The van der Waals surface area contributed by atoms with Gasteiger partial charge in [-0.25, -0.2) is 4.68 Å². The predicted octanol–water partition coefficient (Wildman–Crippen LogP) is -1.42. The van der Waals surface area contributed by atoms with E-state index in [-0.39, 0.29) is 18.3 Å². The van der Waals surface area contributed by atoms with Crippen molar-refractivity contribution in [1.29, 1.82) is 0 Å². The van der Waals surface area contributed by atoms with Gasteiger partial charge in [0.2, 0.25) is 0 Å². The van der Waals surface area contributed by atoms with Gasteiger partial charge >= 0.3 is 5.97 Å². The van der Waals surface area contributed by atoms with Gasteiger partial charge in [-0.15, -0.1) is 5.10 Å². The molecule has 0 saturated carbocycles. The Bertz CT molecular complexity index is 440. The number of rotatable bonds is 4. The number of carbonyl (C=O) groups is 2. The summed E-state index contributed by atoms with van der Waals surface area (Å²) in [7, 11) is 1.42. The van der Waals surface area contributed by atoms with Crippen molar-refractivity contribution in [2.45, 2.75) is 6.04 Å². The molecule has 1 saturated heterocycles. The van der Waals surface area contributed by atoms with Crippen molar-refractivity contribution in [3.63, 3.8) is 0 Å². The molecule has 2 heterocycles. The van der Waals surface area contributed by atoms with Crippen LogP contribution in [0.15, 0.2) is 6.20 Å². The van der Waals surface area contributed by atoms with Gasteiger partial charge in [0.15, 0.2) is 5.69 Å². The molecule has 8 heteroatoms. The van der Waals surface area contributed by atoms with Gasteiger partial charge in [0, 0.05) is 20.1 Å². The summed E-state index contributed by atoms with van der Waals surface area (Å²) in [6, 6.07) is 0.230. The SMILES string of the molecule is CN(CC(=O)O)C(=O)c1cn(C2CNC2)nn1. The average molecular weight is 239 g/mol. The number of carbonyl (C=O) groups excluding carboxylic acids is 1. The van der Waals surface area contributed by atoms with Crippen LogP contribution in [0.1, 0.15) is 16.5 Å². The Labute approximate surface area is 97.2 Å². The smallest absolute Gasteiger partial charge is 0.323 e. The minimum Gasteiger partial charge on any atom is -0.480 e. The average Bonchev–Trinajstić information content (AvgIpc) is 2.61. The van der Waals surface area contributed by atoms with E-state index in [2.05, 4.69) is 15.6 Å². The zero-order valence-electron chi connectivity index (χ0n) is 9.33. The lowest BCUT2D eigenvalue weighted by atomic mass is 10.2. The zero-order valence-corrected chi connectivity index (χ0v) is 9.33. The zero-order chi connectivity index (χ0) is 12.4. The summed E-state index contributed by atoms with van der Waals surface area (Å²) in [6.45, 7) is 1.26. The Morgan fingerprint density at radius 2 is 2.35 bits per heavy atom. The van der Waals surface area contributed by atoms with Gasteiger partial charge in [0.1, 0.15) is 6.54 Å². The highest BCUT2D eigenvalue weighted by atomic mass is 16.4. The second-order valence-electron chi connectivity index (χ2n) is 3.95. The normalized spacial score (nSPS) is 15.4. The Morgan fingerprint density at radius 3 is 2.88 bits per heavy atom. The third-order valence-corrected chi connectivity index (χ3v) is 2.58. The summed E-state index contributed by atoms with van der Waals surface area (Å²) in [6.07, 6.45) is 1.55. The minimum atomic E-state index is -1.06. The van der Waals surface area contributed by atoms with Crippen molar-refractivity contribution in [2.75, 3.05) is 26.7 Å². The molecular weight excluding hydrogens is 226 g/mol. The van der Waals surface area contributed by atoms with Gasteiger partial charge in [0.25, 0.3) is 5.91 Å². The second kappa shape index (κ2) is 4.50. The van der Waals surface area contributed by atoms with Gasteiger partial charge in [-0.2, -0.15) is 0 Å². The van der Waals surface area contributed by atoms with Crippen LogP contribution in [0.3, 0.4) is 0 Å². The highest BCUT2D eigenvalue weighted by molar-refractivity contribution is 5.93. The molecule has 0 bridgehead atoms. The van der Waals surface area contributed by atoms with Gasteiger partial charge in [0.05, 0.1) is 12.2 Å². The van der Waals surface area contributed by atoms with Crippen LogP contribution < -0.4 is 5.32 Å². The van der Waals surface area contributed by atoms with E-state index in [1.54, 1.807) is 10.9 Å². The van der Waals surface area contributed by atoms with Crippen LogP contribution in [0.2, 0.25) is 0 Å². The summed E-state index contributed by atoms with van der Waals surface area (Å²) < 4.78 is 1.62. The van der Waals surface area contributed by atoms with Crippen molar-refractivity contribution in [3.05, 3.63) is 11.9 Å². The van der Waals surface area contributed by atoms with Gasteiger partial charge in [-0.3, -0.25) is 9.59 Å². The molecule has 8 nitrogen and oxygen atoms in total. The highest BCUT2D eigenvalue weighted by Crippen LogP contribution is 2.10. The molecule has 0 aromatic carbocycles. The van der Waals surface area contributed by atoms with Crippen LogP contribution in [0.4, 0.5) is 0 Å². The fourth-order valence-corrected chi connectivity index (χ4v) is 1.48. The van der Waals surface area contributed by atoms with E-state index >= 15 is 0 Å². The lowest BCUT2D eigenvalue weighted by molar-refractivity contribution is -0.137. The molecule has 92 valence electrons. The van der Waals surface area contributed by atoms with Crippen molar-refractivity contribution >= 4 is 11.9 Å². The molecule has 0 aliphatic carbocycles. The van der Waals surface area contributed by atoms with E-state index in [9.17, 15) is 9.59 Å². The van der Waals surface area contributed by atoms with Crippen molar-refractivity contribution < 1.29 is 14.7 Å². The fourth-order valence-electron chi connectivity index (χ4n) is 1.48. The molecule has 1 aromatic rings. The van der Waals surface area contributed by atoms with Crippen molar-refractivity contribution in [2.24, 2.45) is 0 Å². The van der Waals surface area contributed by atoms with Gasteiger partial charge in [-0.1, -0.05) is 5.21 Å². The van der Waals surface area contributed by atoms with Gasteiger partial charge in [-0.05, 0) is 0 Å². The molecule has 1 aliphatic rings. The van der Waals surface area contributed by atoms with E-state index < -0.39 is 11.9 Å². The molecule has 17 heavy (non-hydrogen) atoms. The molecule has 0 atom stereocenters. The standard InChI is InChI=1S/C9H13N5O3/c1-13(5-8(15)16)9(17)7-4-14(12-11-7)6-2-10-3-6/h4,6,10H,2-3,5H2,1H3,(H,15,16). The summed E-state index contributed by atoms with van der Waals surface area (Å²) in [5.74, 6) is -1.50. The summed E-state index contributed by atoms with van der Waals surface area (Å²) in [4.78, 5) is 23.3. The fraction of sp³-hybridized carbons (Fsp3) is 0.556. The quantitative estimate of drug-likeness (QED) is 0.668. The molecule has 1 aliphatic heterocycles. The number of carboxylic acid groups (broad SMARTS) is 1. The molecule has 1 amide bonds. The maximum absolute atomic E-state index is 11.8. The Balaban J connectivity index is 2.03. The molecule has 0 radical (unpaired) electrons. The van der Waals surface area contributed by atoms with E-state index in [0.717, 1.165) is 18.0 Å². The number of nitrogens with one attached hydrogen (secondary N) is 1. The molecule has 1 fully saturated rings. The molecule has 2 rings (SSSR count). The summed E-state index contributed by atoms with van der Waals surface area (Å²) >= 11 is 0. The lowest BCUT2D eigenvalue weighted by Gasteiger charge is -2.26. The topological polar surface area (TPSA) is 100 Å². The number of aromatic nitrogens is 3. The number of aliphatic carboxylic acids is 1. The molecule has 0 unspecified atom stereocenters. The number of carboxylic acids is 1. The number of hydrogen-bond acceptors (Lipinski definition) is 5. The third kappa shape index (κ3) is 2.41. The van der Waals surface area contributed by atoms with Crippen LogP contribution >= 0.6 is 0 Å². The van der Waals surface area contributed by atoms with Crippen LogP contribution in [0.5, 0.6) is 0 Å². The molecule has 0 spiro atoms. The van der Waals surface area contributed by atoms with E-state index in [1.807, 2.05) is 0 Å². The predicted molar refractivity (Wildman–Crippen MR) is 56.5 cm³/mol. The minimum absolute atomic E-state index is 0.167. The number of amides is 1. The molecule has 2 N–H and O–H groups in total. The molecule has 1 aromatic heterocycles. The Kier molecular flexibility index (Phi) is 3.05. The van der Waals surface area contributed by atoms with Crippen LogP contribution in [0, 0.1) is 0 Å². The Hall–Kier alpha value is -1.96. The van der Waals surface area contributed by atoms with Crippen molar-refractivity contribution in [1.82, 2.24) is 25.2 Å². The van der Waals surface area contributed by atoms with Crippen LogP contribution in [-0.4, -0.2) is 63.6 Å². The maximum atomic E-state index is 11.8. The highest BCUT2D eigenvalue weighted by Gasteiger charge is 2.23. The van der Waals surface area contributed by atoms with Gasteiger partial charge < -0.3 is 15.3 Å². The third-order valence-electron chi connectivity index (χ3n) is 2.58. The molecular formula is C9H13N5O3. The lowest BCUT2D eigenvalue weighted by Crippen LogP contribution is -2.43. The Morgan fingerprint density at radius 1 is 1.65 bits per heavy atom. The van der Waals surface area contributed by atoms with Crippen LogP contribution in [0.25, 0.3) is 0 Å². The maximum Gasteiger partial charge on any atom is 0.323 e. The largest absolute Gasteiger partial charge is 0.480 e. The number of nitrogens with zero attached hydrogens (tertiary/aromatic N) is 4.